The average molecular weight is 333 g/mol. The minimum absolute atomic E-state index is 0.489. The van der Waals surface area contributed by atoms with Gasteiger partial charge in [0.2, 0.25) is 0 Å². The van der Waals surface area contributed by atoms with Crippen molar-refractivity contribution in [2.24, 2.45) is 4.99 Å². The first-order chi connectivity index (χ1) is 11.6. The van der Waals surface area contributed by atoms with Gasteiger partial charge in [-0.1, -0.05) is 18.2 Å². The van der Waals surface area contributed by atoms with Gasteiger partial charge < -0.3 is 20.3 Å². The molecule has 0 aliphatic carbocycles. The maximum atomic E-state index is 5.39. The third-order valence-corrected chi connectivity index (χ3v) is 4.59. The third kappa shape index (κ3) is 5.39. The zero-order valence-electron chi connectivity index (χ0n) is 15.4. The van der Waals surface area contributed by atoms with Gasteiger partial charge in [-0.3, -0.25) is 9.89 Å². The predicted molar refractivity (Wildman–Crippen MR) is 99.7 cm³/mol. The van der Waals surface area contributed by atoms with Crippen molar-refractivity contribution >= 4 is 5.96 Å². The van der Waals surface area contributed by atoms with Gasteiger partial charge in [-0.2, -0.15) is 0 Å². The highest BCUT2D eigenvalue weighted by molar-refractivity contribution is 5.79. The van der Waals surface area contributed by atoms with Crippen LogP contribution in [-0.2, 0) is 6.54 Å². The lowest BCUT2D eigenvalue weighted by atomic mass is 10.2. The molecular formula is C18H31N5O. The molecule has 1 saturated heterocycles. The van der Waals surface area contributed by atoms with E-state index in [1.54, 1.807) is 14.2 Å². The van der Waals surface area contributed by atoms with Crippen molar-refractivity contribution in [3.05, 3.63) is 29.8 Å². The van der Waals surface area contributed by atoms with Gasteiger partial charge in [0.1, 0.15) is 5.75 Å². The molecule has 1 fully saturated rings. The number of hydrogen-bond acceptors (Lipinski definition) is 4. The number of nitrogens with one attached hydrogen (secondary N) is 2. The van der Waals surface area contributed by atoms with Gasteiger partial charge >= 0.3 is 0 Å². The third-order valence-electron chi connectivity index (χ3n) is 4.59. The number of hydrogen-bond donors (Lipinski definition) is 2. The molecule has 1 aromatic rings. The molecule has 0 radical (unpaired) electrons. The number of ether oxygens (including phenoxy) is 1. The van der Waals surface area contributed by atoms with E-state index in [-0.39, 0.29) is 0 Å². The highest BCUT2D eigenvalue weighted by atomic mass is 16.5. The van der Waals surface area contributed by atoms with E-state index >= 15 is 0 Å². The fraction of sp³-hybridized carbons (Fsp3) is 0.611. The topological polar surface area (TPSA) is 52.1 Å². The van der Waals surface area contributed by atoms with E-state index in [1.165, 1.54) is 0 Å². The first kappa shape index (κ1) is 18.5. The number of rotatable bonds is 6. The summed E-state index contributed by atoms with van der Waals surface area (Å²) < 4.78 is 5.39. The van der Waals surface area contributed by atoms with Gasteiger partial charge in [0.25, 0.3) is 0 Å². The summed E-state index contributed by atoms with van der Waals surface area (Å²) >= 11 is 0. The molecule has 1 unspecified atom stereocenters. The van der Waals surface area contributed by atoms with Crippen molar-refractivity contribution < 1.29 is 4.74 Å². The van der Waals surface area contributed by atoms with Crippen LogP contribution < -0.4 is 15.4 Å². The van der Waals surface area contributed by atoms with Gasteiger partial charge in [0.05, 0.1) is 7.11 Å². The number of para-hydroxylation sites is 1. The number of aliphatic imine (C=N–C) groups is 1. The van der Waals surface area contributed by atoms with Crippen molar-refractivity contribution in [2.75, 3.05) is 53.9 Å². The summed E-state index contributed by atoms with van der Waals surface area (Å²) in [5.41, 5.74) is 1.12. The van der Waals surface area contributed by atoms with Crippen LogP contribution in [0.2, 0.25) is 0 Å². The molecule has 6 nitrogen and oxygen atoms in total. The highest BCUT2D eigenvalue weighted by Gasteiger charge is 2.19. The Morgan fingerprint density at radius 3 is 2.58 bits per heavy atom. The number of nitrogens with zero attached hydrogens (tertiary/aromatic N) is 3. The standard InChI is InChI=1S/C18H31N5O/c1-15(23-11-9-22(3)10-12-23)13-20-18(19-2)21-14-16-7-5-6-8-17(16)24-4/h5-8,15H,9-14H2,1-4H3,(H2,19,20,21). The maximum Gasteiger partial charge on any atom is 0.191 e. The number of methoxy groups -OCH3 is 1. The second-order valence-corrected chi connectivity index (χ2v) is 6.31. The summed E-state index contributed by atoms with van der Waals surface area (Å²) in [4.78, 5) is 9.22. The fourth-order valence-electron chi connectivity index (χ4n) is 2.88. The zero-order valence-corrected chi connectivity index (χ0v) is 15.4. The summed E-state index contributed by atoms with van der Waals surface area (Å²) in [6.45, 7) is 8.39. The van der Waals surface area contributed by atoms with E-state index in [1.807, 2.05) is 18.2 Å². The Kier molecular flexibility index (Phi) is 7.34. The van der Waals surface area contributed by atoms with Crippen LogP contribution in [0, 0.1) is 0 Å². The molecule has 0 spiro atoms. The molecule has 0 bridgehead atoms. The van der Waals surface area contributed by atoms with Crippen LogP contribution >= 0.6 is 0 Å². The number of piperazine rings is 1. The largest absolute Gasteiger partial charge is 0.496 e. The highest BCUT2D eigenvalue weighted by Crippen LogP contribution is 2.16. The van der Waals surface area contributed by atoms with Crippen LogP contribution in [0.5, 0.6) is 5.75 Å². The lowest BCUT2D eigenvalue weighted by Gasteiger charge is -2.36. The van der Waals surface area contributed by atoms with Crippen molar-refractivity contribution in [1.82, 2.24) is 20.4 Å². The molecule has 24 heavy (non-hydrogen) atoms. The second kappa shape index (κ2) is 9.49. The fourth-order valence-corrected chi connectivity index (χ4v) is 2.88. The monoisotopic (exact) mass is 333 g/mol. The number of likely N-dealkylation sites (N-methyl/N-ethyl adjacent to an activating group) is 1. The van der Waals surface area contributed by atoms with Gasteiger partial charge in [-0.05, 0) is 20.0 Å². The Bertz CT molecular complexity index is 526. The molecule has 134 valence electrons. The first-order valence-corrected chi connectivity index (χ1v) is 8.63. The van der Waals surface area contributed by atoms with E-state index in [0.29, 0.717) is 12.6 Å². The first-order valence-electron chi connectivity index (χ1n) is 8.63. The summed E-state index contributed by atoms with van der Waals surface area (Å²) in [5.74, 6) is 1.72. The Labute approximate surface area is 145 Å². The van der Waals surface area contributed by atoms with Crippen LogP contribution in [0.4, 0.5) is 0 Å². The van der Waals surface area contributed by atoms with E-state index < -0.39 is 0 Å². The molecule has 1 heterocycles. The normalized spacial score (nSPS) is 18.2. The van der Waals surface area contributed by atoms with Crippen molar-refractivity contribution in [3.63, 3.8) is 0 Å². The molecular weight excluding hydrogens is 302 g/mol. The lowest BCUT2D eigenvalue weighted by molar-refractivity contribution is 0.120. The van der Waals surface area contributed by atoms with E-state index in [4.69, 9.17) is 4.74 Å². The van der Waals surface area contributed by atoms with Gasteiger partial charge in [-0.25, -0.2) is 0 Å². The molecule has 0 saturated carbocycles. The quantitative estimate of drug-likeness (QED) is 0.601. The summed E-state index contributed by atoms with van der Waals surface area (Å²) in [6, 6.07) is 8.52. The molecule has 1 aliphatic rings. The predicted octanol–water partition coefficient (Wildman–Crippen LogP) is 0.996. The Balaban J connectivity index is 1.78. The van der Waals surface area contributed by atoms with Crippen LogP contribution in [0.1, 0.15) is 12.5 Å². The Morgan fingerprint density at radius 2 is 1.92 bits per heavy atom. The molecule has 1 aliphatic heterocycles. The summed E-state index contributed by atoms with van der Waals surface area (Å²) in [6.07, 6.45) is 0. The zero-order chi connectivity index (χ0) is 17.4. The molecule has 2 rings (SSSR count). The van der Waals surface area contributed by atoms with Gasteiger partial charge in [-0.15, -0.1) is 0 Å². The summed E-state index contributed by atoms with van der Waals surface area (Å²) in [5, 5.41) is 6.79. The van der Waals surface area contributed by atoms with Crippen molar-refractivity contribution in [1.29, 1.82) is 0 Å². The van der Waals surface area contributed by atoms with Crippen LogP contribution in [0.25, 0.3) is 0 Å². The second-order valence-electron chi connectivity index (χ2n) is 6.31. The average Bonchev–Trinajstić information content (AvgIpc) is 2.62. The lowest BCUT2D eigenvalue weighted by Crippen LogP contribution is -2.52. The van der Waals surface area contributed by atoms with E-state index in [2.05, 4.69) is 45.5 Å². The molecule has 1 aromatic carbocycles. The number of benzene rings is 1. The van der Waals surface area contributed by atoms with Crippen LogP contribution in [0.15, 0.2) is 29.3 Å². The number of guanidine groups is 1. The Hall–Kier alpha value is -1.79. The molecule has 6 heteroatoms. The van der Waals surface area contributed by atoms with E-state index in [9.17, 15) is 0 Å². The SMILES string of the molecule is CN=C(NCc1ccccc1OC)NCC(C)N1CCN(C)CC1. The van der Waals surface area contributed by atoms with Gasteiger partial charge in [0, 0.05) is 57.9 Å². The van der Waals surface area contributed by atoms with Gasteiger partial charge in [0.15, 0.2) is 5.96 Å². The van der Waals surface area contributed by atoms with Crippen molar-refractivity contribution in [2.45, 2.75) is 19.5 Å². The van der Waals surface area contributed by atoms with Crippen LogP contribution in [0.3, 0.4) is 0 Å². The maximum absolute atomic E-state index is 5.39. The minimum Gasteiger partial charge on any atom is -0.496 e. The molecule has 0 aromatic heterocycles. The molecule has 0 amide bonds. The molecule has 1 atom stereocenters. The van der Waals surface area contributed by atoms with Crippen molar-refractivity contribution in [3.8, 4) is 5.75 Å². The Morgan fingerprint density at radius 1 is 1.21 bits per heavy atom. The summed E-state index contributed by atoms with van der Waals surface area (Å²) in [7, 11) is 5.69. The van der Waals surface area contributed by atoms with Crippen LogP contribution in [-0.4, -0.2) is 75.7 Å². The minimum atomic E-state index is 0.489. The van der Waals surface area contributed by atoms with E-state index in [0.717, 1.165) is 50.0 Å². The smallest absolute Gasteiger partial charge is 0.191 e. The molecule has 2 N–H and O–H groups in total.